The highest BCUT2D eigenvalue weighted by Crippen LogP contribution is 2.45. The van der Waals surface area contributed by atoms with Crippen LogP contribution in [-0.2, 0) is 19.9 Å². The van der Waals surface area contributed by atoms with Gasteiger partial charge in [0.05, 0.1) is 26.7 Å². The third-order valence-corrected chi connectivity index (χ3v) is 9.85. The lowest BCUT2D eigenvalue weighted by atomic mass is 9.79. The number of benzene rings is 4. The zero-order valence-electron chi connectivity index (χ0n) is 30.5. The van der Waals surface area contributed by atoms with Crippen molar-refractivity contribution in [3.05, 3.63) is 138 Å². The number of nitrogens with two attached hydrogens (primary N) is 1. The van der Waals surface area contributed by atoms with Crippen LogP contribution >= 0.6 is 0 Å². The summed E-state index contributed by atoms with van der Waals surface area (Å²) in [4.78, 5) is 27.5. The molecule has 0 aliphatic carbocycles. The second-order valence-electron chi connectivity index (χ2n) is 13.5. The summed E-state index contributed by atoms with van der Waals surface area (Å²) >= 11 is 0. The van der Waals surface area contributed by atoms with E-state index >= 15 is 0 Å². The first-order chi connectivity index (χ1) is 26.2. The quantitative estimate of drug-likeness (QED) is 0.123. The van der Waals surface area contributed by atoms with Crippen molar-refractivity contribution < 1.29 is 33.6 Å². The van der Waals surface area contributed by atoms with Crippen LogP contribution in [0.3, 0.4) is 0 Å². The molecular weight excluding hydrogens is 686 g/mol. The van der Waals surface area contributed by atoms with Crippen molar-refractivity contribution in [3.63, 3.8) is 0 Å². The number of Topliss-reactive ketones (excluding diaryl/α,β-unsaturated/α-hetero) is 1. The average Bonchev–Trinajstić information content (AvgIpc) is 3.82. The van der Waals surface area contributed by atoms with Crippen LogP contribution in [0.5, 0.6) is 17.2 Å². The molecule has 0 spiro atoms. The molecule has 1 fully saturated rings. The summed E-state index contributed by atoms with van der Waals surface area (Å²) in [5.41, 5.74) is 8.82. The Morgan fingerprint density at radius 3 is 2.04 bits per heavy atom. The van der Waals surface area contributed by atoms with Crippen LogP contribution in [0.2, 0.25) is 0 Å². The predicted molar refractivity (Wildman–Crippen MR) is 202 cm³/mol. The fraction of sp³-hybridized carbons (Fsp3) is 0.286. The van der Waals surface area contributed by atoms with Gasteiger partial charge in [0.15, 0.2) is 17.6 Å². The predicted octanol–water partition coefficient (Wildman–Crippen LogP) is 6.22. The third kappa shape index (κ3) is 7.11. The molecule has 1 aliphatic rings. The van der Waals surface area contributed by atoms with Gasteiger partial charge in [-0.05, 0) is 64.6 Å². The van der Waals surface area contributed by atoms with E-state index in [-0.39, 0.29) is 18.8 Å². The Balaban J connectivity index is 1.34. The monoisotopic (exact) mass is 729 g/mol. The molecule has 2 aromatic heterocycles. The molecule has 12 heteroatoms. The number of rotatable bonds is 14. The second-order valence-corrected chi connectivity index (χ2v) is 13.5. The number of carbonyl (C=O) groups is 1. The minimum atomic E-state index is -1.40. The fourth-order valence-corrected chi connectivity index (χ4v) is 6.92. The Labute approximate surface area is 313 Å². The lowest BCUT2D eigenvalue weighted by Crippen LogP contribution is -2.49. The van der Waals surface area contributed by atoms with Crippen molar-refractivity contribution in [3.8, 4) is 17.2 Å². The maximum Gasteiger partial charge on any atom is 0.201 e. The summed E-state index contributed by atoms with van der Waals surface area (Å²) in [7, 11) is 3.20. The molecule has 1 aliphatic heterocycles. The van der Waals surface area contributed by atoms with Crippen molar-refractivity contribution in [2.45, 2.75) is 56.3 Å². The number of aromatic nitrogens is 4. The number of ether oxygens (including phenoxy) is 5. The number of hydrogen-bond acceptors (Lipinski definition) is 11. The molecule has 6 aromatic rings. The van der Waals surface area contributed by atoms with Gasteiger partial charge < -0.3 is 34.5 Å². The van der Waals surface area contributed by atoms with Crippen LogP contribution in [0.4, 0.5) is 5.82 Å². The van der Waals surface area contributed by atoms with Gasteiger partial charge in [-0.3, -0.25) is 9.36 Å². The van der Waals surface area contributed by atoms with Crippen molar-refractivity contribution >= 4 is 22.8 Å². The van der Waals surface area contributed by atoms with Crippen LogP contribution in [0.1, 0.15) is 54.7 Å². The van der Waals surface area contributed by atoms with Crippen molar-refractivity contribution in [1.82, 2.24) is 19.5 Å². The minimum Gasteiger partial charge on any atom is -0.497 e. The van der Waals surface area contributed by atoms with Gasteiger partial charge in [-0.15, -0.1) is 0 Å². The maximum absolute atomic E-state index is 14.7. The SMILES string of the molecule is COc1ccc(C(OC(C(=O)COc2ccc(C(C)C)cc2)[C@H]2O[C@@H](n3cnc4c(N)ncnc43)C[C@@H]2O)(c2ccccc2)c2ccc(OC)cc2)cc1. The Morgan fingerprint density at radius 2 is 1.44 bits per heavy atom. The molecular formula is C42H43N5O7. The Bertz CT molecular complexity index is 2130. The first kappa shape index (κ1) is 36.5. The van der Waals surface area contributed by atoms with E-state index in [1.54, 1.807) is 25.1 Å². The van der Waals surface area contributed by atoms with Crippen molar-refractivity contribution in [1.29, 1.82) is 0 Å². The van der Waals surface area contributed by atoms with E-state index in [4.69, 9.17) is 29.4 Å². The Kier molecular flexibility index (Phi) is 10.6. The number of hydrogen-bond donors (Lipinski definition) is 2. The molecule has 3 N–H and O–H groups in total. The van der Waals surface area contributed by atoms with Gasteiger partial charge in [-0.1, -0.05) is 80.6 Å². The van der Waals surface area contributed by atoms with Crippen LogP contribution in [-0.4, -0.2) is 69.5 Å². The van der Waals surface area contributed by atoms with E-state index in [0.29, 0.717) is 45.5 Å². The number of fused-ring (bicyclic) bond motifs is 1. The molecule has 1 unspecified atom stereocenters. The van der Waals surface area contributed by atoms with Crippen LogP contribution in [0, 0.1) is 0 Å². The molecule has 4 atom stereocenters. The number of ketones is 1. The molecule has 12 nitrogen and oxygen atoms in total. The first-order valence-electron chi connectivity index (χ1n) is 17.8. The number of methoxy groups -OCH3 is 2. The third-order valence-electron chi connectivity index (χ3n) is 9.85. The molecule has 54 heavy (non-hydrogen) atoms. The van der Waals surface area contributed by atoms with E-state index in [1.807, 2.05) is 103 Å². The number of imidazole rings is 1. The summed E-state index contributed by atoms with van der Waals surface area (Å²) in [5, 5.41) is 11.8. The molecule has 7 rings (SSSR count). The molecule has 3 heterocycles. The highest BCUT2D eigenvalue weighted by atomic mass is 16.6. The molecule has 1 saturated heterocycles. The van der Waals surface area contributed by atoms with E-state index in [0.717, 1.165) is 11.1 Å². The normalized spacial score (nSPS) is 17.8. The molecule has 278 valence electrons. The standard InChI is InChI=1S/C42H43N5O7/c1-26(2)27-10-16-33(17-11-27)52-23-35(49)39(38-34(48)22-36(53-38)47-25-46-37-40(43)44-24-45-41(37)47)54-42(28-8-6-5-7-9-28,29-12-18-31(50-3)19-13-29)30-14-20-32(51-4)21-15-30/h5-21,24-26,34,36,38-39,48H,22-23H2,1-4H3,(H2,43,44,45)/t34-,36+,38-,39?/m0/s1. The fourth-order valence-electron chi connectivity index (χ4n) is 6.92. The van der Waals surface area contributed by atoms with Crippen molar-refractivity contribution in [2.75, 3.05) is 26.6 Å². The lowest BCUT2D eigenvalue weighted by molar-refractivity contribution is -0.167. The first-order valence-corrected chi connectivity index (χ1v) is 17.8. The van der Waals surface area contributed by atoms with Gasteiger partial charge in [0.2, 0.25) is 5.78 Å². The molecule has 0 saturated carbocycles. The summed E-state index contributed by atoms with van der Waals surface area (Å²) < 4.78 is 32.7. The number of anilines is 1. The topological polar surface area (TPSA) is 153 Å². The van der Waals surface area contributed by atoms with Gasteiger partial charge in [-0.2, -0.15) is 0 Å². The van der Waals surface area contributed by atoms with Crippen LogP contribution < -0.4 is 19.9 Å². The van der Waals surface area contributed by atoms with E-state index < -0.39 is 35.9 Å². The summed E-state index contributed by atoms with van der Waals surface area (Å²) in [5.74, 6) is 1.94. The van der Waals surface area contributed by atoms with E-state index in [9.17, 15) is 9.90 Å². The molecule has 0 radical (unpaired) electrons. The molecule has 0 bridgehead atoms. The number of aliphatic hydroxyl groups excluding tert-OH is 1. The van der Waals surface area contributed by atoms with Gasteiger partial charge in [0.25, 0.3) is 0 Å². The van der Waals surface area contributed by atoms with Gasteiger partial charge in [0.1, 0.15) is 53.6 Å². The minimum absolute atomic E-state index is 0.119. The lowest BCUT2D eigenvalue weighted by Gasteiger charge is -2.40. The highest BCUT2D eigenvalue weighted by molar-refractivity contribution is 5.85. The van der Waals surface area contributed by atoms with Gasteiger partial charge >= 0.3 is 0 Å². The number of nitrogen functional groups attached to an aromatic ring is 1. The zero-order chi connectivity index (χ0) is 37.8. The number of nitrogens with zero attached hydrogens (tertiary/aromatic N) is 4. The molecule has 0 amide bonds. The largest absolute Gasteiger partial charge is 0.497 e. The maximum atomic E-state index is 14.7. The summed E-state index contributed by atoms with van der Waals surface area (Å²) in [6.45, 7) is 3.87. The summed E-state index contributed by atoms with van der Waals surface area (Å²) in [6, 6.07) is 32.3. The molecule has 4 aromatic carbocycles. The van der Waals surface area contributed by atoms with Gasteiger partial charge in [-0.25, -0.2) is 15.0 Å². The van der Waals surface area contributed by atoms with Crippen LogP contribution in [0.25, 0.3) is 11.2 Å². The smallest absolute Gasteiger partial charge is 0.201 e. The van der Waals surface area contributed by atoms with E-state index in [2.05, 4.69) is 28.8 Å². The van der Waals surface area contributed by atoms with Crippen molar-refractivity contribution in [2.24, 2.45) is 0 Å². The second kappa shape index (κ2) is 15.7. The Morgan fingerprint density at radius 1 is 0.852 bits per heavy atom. The highest BCUT2D eigenvalue weighted by Gasteiger charge is 2.49. The van der Waals surface area contributed by atoms with E-state index in [1.165, 1.54) is 6.33 Å². The number of aliphatic hydroxyl groups is 1. The zero-order valence-corrected chi connectivity index (χ0v) is 30.5. The average molecular weight is 730 g/mol. The van der Waals surface area contributed by atoms with Gasteiger partial charge in [0, 0.05) is 6.42 Å². The number of carbonyl (C=O) groups excluding carboxylic acids is 1. The Hall–Kier alpha value is -5.82. The van der Waals surface area contributed by atoms with Crippen LogP contribution in [0.15, 0.2) is 116 Å². The summed E-state index contributed by atoms with van der Waals surface area (Å²) in [6.07, 6.45) is -1.36.